The van der Waals surface area contributed by atoms with Gasteiger partial charge in [0.05, 0.1) is 20.9 Å². The van der Waals surface area contributed by atoms with E-state index in [4.69, 9.17) is 11.6 Å². The van der Waals surface area contributed by atoms with Gasteiger partial charge in [0.15, 0.2) is 21.5 Å². The lowest BCUT2D eigenvalue weighted by molar-refractivity contribution is -0.145. The number of carbonyl (C=O) groups excluding carboxylic acids is 1. The van der Waals surface area contributed by atoms with Crippen LogP contribution in [0.25, 0.3) is 0 Å². The molecular weight excluding hydrogens is 538 g/mol. The highest BCUT2D eigenvalue weighted by molar-refractivity contribution is 7.92. The van der Waals surface area contributed by atoms with Crippen molar-refractivity contribution in [2.24, 2.45) is 11.8 Å². The molecule has 200 valence electrons. The van der Waals surface area contributed by atoms with Crippen LogP contribution in [0.15, 0.2) is 65.7 Å². The van der Waals surface area contributed by atoms with E-state index in [1.165, 1.54) is 30.5 Å². The number of rotatable bonds is 6. The van der Waals surface area contributed by atoms with Crippen molar-refractivity contribution in [3.8, 4) is 0 Å². The van der Waals surface area contributed by atoms with Crippen molar-refractivity contribution in [3.63, 3.8) is 0 Å². The number of benzene rings is 2. The number of anilines is 1. The molecule has 5 rings (SSSR count). The zero-order chi connectivity index (χ0) is 27.2. The molecule has 1 amide bonds. The Bertz CT molecular complexity index is 1470. The summed E-state index contributed by atoms with van der Waals surface area (Å²) in [5.41, 5.74) is -1.20. The van der Waals surface area contributed by atoms with Crippen molar-refractivity contribution in [2.75, 3.05) is 5.32 Å². The Kier molecular flexibility index (Phi) is 7.02. The molecule has 2 aromatic carbocycles. The van der Waals surface area contributed by atoms with E-state index in [0.29, 0.717) is 18.5 Å². The van der Waals surface area contributed by atoms with Crippen molar-refractivity contribution in [1.82, 2.24) is 4.98 Å². The minimum absolute atomic E-state index is 0.00265. The van der Waals surface area contributed by atoms with E-state index in [0.717, 1.165) is 12.1 Å². The largest absolute Gasteiger partial charge is 0.386 e. The molecule has 0 radical (unpaired) electrons. The molecule has 1 heterocycles. The normalized spacial score (nSPS) is 25.7. The first-order chi connectivity index (χ1) is 18.0. The summed E-state index contributed by atoms with van der Waals surface area (Å²) < 4.78 is 54.2. The molecule has 0 spiro atoms. The molecule has 3 aromatic rings. The smallest absolute Gasteiger partial charge is 0.255 e. The molecule has 7 nitrogen and oxygen atoms in total. The number of aliphatic hydroxyl groups excluding tert-OH is 1. The highest BCUT2D eigenvalue weighted by Gasteiger charge is 2.59. The van der Waals surface area contributed by atoms with E-state index >= 15 is 0 Å². The third kappa shape index (κ3) is 4.59. The van der Waals surface area contributed by atoms with Gasteiger partial charge >= 0.3 is 0 Å². The lowest BCUT2D eigenvalue weighted by Gasteiger charge is -2.45. The highest BCUT2D eigenvalue weighted by Crippen LogP contribution is 2.56. The molecule has 2 unspecified atom stereocenters. The summed E-state index contributed by atoms with van der Waals surface area (Å²) in [6.07, 6.45) is 1.61. The monoisotopic (exact) mass is 562 g/mol. The Hall–Kier alpha value is -2.92. The first-order valence-corrected chi connectivity index (χ1v) is 14.1. The van der Waals surface area contributed by atoms with Crippen LogP contribution in [0.5, 0.6) is 0 Å². The minimum Gasteiger partial charge on any atom is -0.386 e. The average Bonchev–Trinajstić information content (AvgIpc) is 3.06. The van der Waals surface area contributed by atoms with Gasteiger partial charge in [-0.3, -0.25) is 9.78 Å². The molecule has 2 aliphatic rings. The van der Waals surface area contributed by atoms with Gasteiger partial charge in [-0.2, -0.15) is 0 Å². The SMILES string of the molecule is O=C(Nc1ccc(F)c(F)c1)c1ccc(Cl)c(S(=O)(=O)C2CC3CCC(C2)C3(O)[C@H](O)c2ccccn2)c1. The molecule has 1 aromatic heterocycles. The maximum absolute atomic E-state index is 13.7. The summed E-state index contributed by atoms with van der Waals surface area (Å²) in [6, 6.07) is 11.7. The number of nitrogens with zero attached hydrogens (tertiary/aromatic N) is 1. The van der Waals surface area contributed by atoms with Gasteiger partial charge in [-0.05, 0) is 80.0 Å². The fourth-order valence-electron chi connectivity index (χ4n) is 5.84. The van der Waals surface area contributed by atoms with Crippen molar-refractivity contribution >= 4 is 33.0 Å². The Morgan fingerprint density at radius 1 is 1.05 bits per heavy atom. The lowest BCUT2D eigenvalue weighted by atomic mass is 9.70. The summed E-state index contributed by atoms with van der Waals surface area (Å²) in [5.74, 6) is -3.87. The molecule has 2 saturated carbocycles. The molecule has 3 atom stereocenters. The second-order valence-electron chi connectivity index (χ2n) is 9.88. The molecule has 2 aliphatic carbocycles. The van der Waals surface area contributed by atoms with Gasteiger partial charge in [-0.15, -0.1) is 0 Å². The predicted molar refractivity (Wildman–Crippen MR) is 136 cm³/mol. The van der Waals surface area contributed by atoms with Gasteiger partial charge in [0.1, 0.15) is 11.7 Å². The number of fused-ring (bicyclic) bond motifs is 2. The lowest BCUT2D eigenvalue weighted by Crippen LogP contribution is -2.52. The van der Waals surface area contributed by atoms with Gasteiger partial charge in [0.2, 0.25) is 0 Å². The van der Waals surface area contributed by atoms with Gasteiger partial charge in [-0.1, -0.05) is 17.7 Å². The summed E-state index contributed by atoms with van der Waals surface area (Å²) in [6.45, 7) is 0. The van der Waals surface area contributed by atoms with Crippen LogP contribution >= 0.6 is 11.6 Å². The number of pyridine rings is 1. The number of nitrogens with one attached hydrogen (secondary N) is 1. The van der Waals surface area contributed by atoms with Gasteiger partial charge in [0.25, 0.3) is 5.91 Å². The molecular formula is C27H25ClF2N2O5S. The number of carbonyl (C=O) groups is 1. The van der Waals surface area contributed by atoms with Crippen LogP contribution in [0.3, 0.4) is 0 Å². The zero-order valence-corrected chi connectivity index (χ0v) is 21.6. The van der Waals surface area contributed by atoms with E-state index in [9.17, 15) is 32.2 Å². The van der Waals surface area contributed by atoms with Crippen LogP contribution in [0.1, 0.15) is 47.8 Å². The van der Waals surface area contributed by atoms with E-state index < -0.39 is 56.2 Å². The fraction of sp³-hybridized carbons (Fsp3) is 0.333. The molecule has 38 heavy (non-hydrogen) atoms. The summed E-state index contributed by atoms with van der Waals surface area (Å²) >= 11 is 6.28. The maximum Gasteiger partial charge on any atom is 0.255 e. The zero-order valence-electron chi connectivity index (χ0n) is 20.0. The number of hydrogen-bond acceptors (Lipinski definition) is 6. The molecule has 2 fully saturated rings. The first-order valence-electron chi connectivity index (χ1n) is 12.1. The van der Waals surface area contributed by atoms with Crippen LogP contribution in [0.2, 0.25) is 5.02 Å². The van der Waals surface area contributed by atoms with Crippen LogP contribution in [-0.2, 0) is 9.84 Å². The van der Waals surface area contributed by atoms with Crippen molar-refractivity contribution in [3.05, 3.63) is 88.7 Å². The average molecular weight is 563 g/mol. The highest BCUT2D eigenvalue weighted by atomic mass is 35.5. The first kappa shape index (κ1) is 26.7. The standard InChI is InChI=1S/C27H25ClF2N2O5S/c28-20-8-4-15(26(34)32-18-7-9-21(29)22(30)14-18)11-24(20)38(36,37)19-12-16-5-6-17(13-19)27(16,35)25(33)23-3-1-2-10-31-23/h1-4,7-11,14,16-17,19,25,33,35H,5-6,12-13H2,(H,32,34)/t16?,17?,19?,25-,27?/m1/s1. The maximum atomic E-state index is 13.7. The number of halogens is 3. The molecule has 3 N–H and O–H groups in total. The van der Waals surface area contributed by atoms with Gasteiger partial charge in [0, 0.05) is 23.5 Å². The quantitative estimate of drug-likeness (QED) is 0.401. The van der Waals surface area contributed by atoms with Crippen molar-refractivity contribution in [2.45, 2.75) is 47.5 Å². The van der Waals surface area contributed by atoms with E-state index in [1.54, 1.807) is 18.2 Å². The van der Waals surface area contributed by atoms with Crippen molar-refractivity contribution < 1.29 is 32.2 Å². The topological polar surface area (TPSA) is 117 Å². The van der Waals surface area contributed by atoms with E-state index in [1.807, 2.05) is 0 Å². The van der Waals surface area contributed by atoms with E-state index in [2.05, 4.69) is 10.3 Å². The molecule has 0 saturated heterocycles. The Morgan fingerprint density at radius 3 is 2.39 bits per heavy atom. The number of aliphatic hydroxyl groups is 2. The number of amides is 1. The third-order valence-corrected chi connectivity index (χ3v) is 10.4. The number of sulfone groups is 1. The third-order valence-electron chi connectivity index (χ3n) is 7.79. The van der Waals surface area contributed by atoms with Gasteiger partial charge in [-0.25, -0.2) is 17.2 Å². The Balaban J connectivity index is 1.39. The van der Waals surface area contributed by atoms with Crippen LogP contribution in [0, 0.1) is 23.5 Å². The van der Waals surface area contributed by atoms with Crippen LogP contribution < -0.4 is 5.32 Å². The number of hydrogen-bond donors (Lipinski definition) is 3. The summed E-state index contributed by atoms with van der Waals surface area (Å²) in [4.78, 5) is 16.7. The summed E-state index contributed by atoms with van der Waals surface area (Å²) in [5, 5.41) is 24.1. The van der Waals surface area contributed by atoms with E-state index in [-0.39, 0.29) is 34.0 Å². The van der Waals surface area contributed by atoms with Crippen molar-refractivity contribution in [1.29, 1.82) is 0 Å². The van der Waals surface area contributed by atoms with Crippen LogP contribution in [-0.4, -0.2) is 40.4 Å². The second kappa shape index (κ2) is 10.00. The molecule has 0 aliphatic heterocycles. The summed E-state index contributed by atoms with van der Waals surface area (Å²) in [7, 11) is -4.03. The Morgan fingerprint density at radius 2 is 1.76 bits per heavy atom. The molecule has 11 heteroatoms. The minimum atomic E-state index is -4.03. The van der Waals surface area contributed by atoms with Crippen LogP contribution in [0.4, 0.5) is 14.5 Å². The van der Waals surface area contributed by atoms with Gasteiger partial charge < -0.3 is 15.5 Å². The predicted octanol–water partition coefficient (Wildman–Crippen LogP) is 4.69. The molecule has 2 bridgehead atoms. The second-order valence-corrected chi connectivity index (χ2v) is 12.5. The number of aromatic nitrogens is 1. The Labute approximate surface area is 223 Å². The fourth-order valence-corrected chi connectivity index (χ4v) is 8.24.